The lowest BCUT2D eigenvalue weighted by atomic mass is 9.95. The van der Waals surface area contributed by atoms with Crippen LogP contribution in [0.4, 0.5) is 10.5 Å². The highest BCUT2D eigenvalue weighted by Crippen LogP contribution is 2.36. The number of nitrogens with zero attached hydrogens (tertiary/aromatic N) is 1. The van der Waals surface area contributed by atoms with E-state index in [1.165, 1.54) is 19.3 Å². The first-order valence-electron chi connectivity index (χ1n) is 13.2. The molecule has 0 fully saturated rings. The van der Waals surface area contributed by atoms with Crippen molar-refractivity contribution in [1.82, 2.24) is 4.90 Å². The average molecular weight is 559 g/mol. The van der Waals surface area contributed by atoms with Crippen LogP contribution in [-0.4, -0.2) is 62.0 Å². The van der Waals surface area contributed by atoms with Crippen molar-refractivity contribution in [3.8, 4) is 17.2 Å². The molecule has 214 valence electrons. The van der Waals surface area contributed by atoms with Crippen molar-refractivity contribution >= 4 is 23.3 Å². The normalized spacial score (nSPS) is 14.5. The number of benzene rings is 3. The fraction of sp³-hybridized carbons (Fsp3) is 0.250. The molecule has 0 radical (unpaired) electrons. The molecule has 2 N–H and O–H groups in total. The van der Waals surface area contributed by atoms with Gasteiger partial charge in [0.05, 0.1) is 38.1 Å². The quantitative estimate of drug-likeness (QED) is 0.307. The molecule has 1 aliphatic heterocycles. The van der Waals surface area contributed by atoms with Crippen LogP contribution in [0.1, 0.15) is 27.9 Å². The summed E-state index contributed by atoms with van der Waals surface area (Å²) in [6.45, 7) is 3.89. The van der Waals surface area contributed by atoms with Gasteiger partial charge in [0.15, 0.2) is 11.5 Å². The third-order valence-electron chi connectivity index (χ3n) is 6.67. The van der Waals surface area contributed by atoms with E-state index in [0.717, 1.165) is 22.4 Å². The SMILES string of the molecule is C=CCOC(=O)Nc1cc(OCc2ccccc2)c(OC)cc1C(=O)N1CCC(c2ccc(OC)cc2)=C[C@H]1CO. The van der Waals surface area contributed by atoms with E-state index >= 15 is 0 Å². The van der Waals surface area contributed by atoms with Crippen molar-refractivity contribution in [2.45, 2.75) is 19.1 Å². The number of amides is 2. The second-order valence-corrected chi connectivity index (χ2v) is 9.25. The number of ether oxygens (including phenoxy) is 4. The van der Waals surface area contributed by atoms with Crippen LogP contribution >= 0.6 is 0 Å². The van der Waals surface area contributed by atoms with Crippen LogP contribution in [0.5, 0.6) is 17.2 Å². The van der Waals surface area contributed by atoms with Gasteiger partial charge in [-0.15, -0.1) is 0 Å². The predicted molar refractivity (Wildman–Crippen MR) is 156 cm³/mol. The number of hydrogen-bond acceptors (Lipinski definition) is 7. The number of anilines is 1. The van der Waals surface area contributed by atoms with E-state index in [1.807, 2.05) is 60.7 Å². The van der Waals surface area contributed by atoms with Gasteiger partial charge >= 0.3 is 6.09 Å². The fourth-order valence-electron chi connectivity index (χ4n) is 4.54. The van der Waals surface area contributed by atoms with Gasteiger partial charge in [-0.25, -0.2) is 4.79 Å². The highest BCUT2D eigenvalue weighted by atomic mass is 16.5. The Bertz CT molecular complexity index is 1390. The van der Waals surface area contributed by atoms with Crippen LogP contribution < -0.4 is 19.5 Å². The maximum atomic E-state index is 13.9. The highest BCUT2D eigenvalue weighted by Gasteiger charge is 2.30. The number of methoxy groups -OCH3 is 2. The van der Waals surface area contributed by atoms with Gasteiger partial charge < -0.3 is 29.0 Å². The third-order valence-corrected chi connectivity index (χ3v) is 6.67. The molecular weight excluding hydrogens is 524 g/mol. The van der Waals surface area contributed by atoms with Gasteiger partial charge in [0, 0.05) is 12.6 Å². The summed E-state index contributed by atoms with van der Waals surface area (Å²) >= 11 is 0. The smallest absolute Gasteiger partial charge is 0.411 e. The minimum absolute atomic E-state index is 0.000273. The molecule has 41 heavy (non-hydrogen) atoms. The summed E-state index contributed by atoms with van der Waals surface area (Å²) < 4.78 is 21.9. The Balaban J connectivity index is 1.64. The van der Waals surface area contributed by atoms with Crippen molar-refractivity contribution in [3.05, 3.63) is 102 Å². The van der Waals surface area contributed by atoms with Gasteiger partial charge in [0.1, 0.15) is 19.0 Å². The van der Waals surface area contributed by atoms with Crippen LogP contribution in [0.3, 0.4) is 0 Å². The van der Waals surface area contributed by atoms with E-state index in [9.17, 15) is 14.7 Å². The molecule has 4 rings (SSSR count). The molecule has 0 saturated carbocycles. The standard InChI is InChI=1S/C32H34N2O7/c1-4-16-40-32(37)33-28-19-30(41-21-22-8-6-5-7-9-22)29(39-3)18-27(28)31(36)34-15-14-24(17-25(34)20-35)23-10-12-26(38-2)13-11-23/h4-13,17-19,25,35H,1,14-16,20-21H2,2-3H3,(H,33,37)/t25-/m0/s1. The van der Waals surface area contributed by atoms with Crippen LogP contribution in [0, 0.1) is 0 Å². The van der Waals surface area contributed by atoms with Crippen molar-refractivity contribution < 1.29 is 33.6 Å². The lowest BCUT2D eigenvalue weighted by Gasteiger charge is -2.34. The third kappa shape index (κ3) is 7.26. The van der Waals surface area contributed by atoms with E-state index < -0.39 is 12.1 Å². The lowest BCUT2D eigenvalue weighted by Crippen LogP contribution is -2.44. The molecule has 1 aliphatic rings. The maximum Gasteiger partial charge on any atom is 0.411 e. The molecule has 0 aliphatic carbocycles. The molecule has 1 heterocycles. The Hall–Kier alpha value is -4.76. The van der Waals surface area contributed by atoms with Crippen LogP contribution in [0.15, 0.2) is 85.5 Å². The first-order valence-corrected chi connectivity index (χ1v) is 13.2. The number of carbonyl (C=O) groups excluding carboxylic acids is 2. The van der Waals surface area contributed by atoms with Crippen LogP contribution in [-0.2, 0) is 11.3 Å². The first kappa shape index (κ1) is 29.2. The Morgan fingerprint density at radius 1 is 1.05 bits per heavy atom. The highest BCUT2D eigenvalue weighted by molar-refractivity contribution is 6.04. The minimum Gasteiger partial charge on any atom is -0.497 e. The second kappa shape index (κ2) is 14.0. The molecule has 2 amide bonds. The number of hydrogen-bond donors (Lipinski definition) is 2. The van der Waals surface area contributed by atoms with Gasteiger partial charge in [-0.1, -0.05) is 61.2 Å². The average Bonchev–Trinajstić information content (AvgIpc) is 3.02. The molecule has 9 heteroatoms. The largest absolute Gasteiger partial charge is 0.497 e. The van der Waals surface area contributed by atoms with Gasteiger partial charge in [0.2, 0.25) is 0 Å². The molecule has 0 aromatic heterocycles. The molecule has 0 saturated heterocycles. The zero-order valence-corrected chi connectivity index (χ0v) is 23.2. The van der Waals surface area contributed by atoms with Gasteiger partial charge in [0.25, 0.3) is 5.91 Å². The molecular formula is C32H34N2O7. The van der Waals surface area contributed by atoms with Gasteiger partial charge in [-0.3, -0.25) is 10.1 Å². The van der Waals surface area contributed by atoms with E-state index in [0.29, 0.717) is 24.5 Å². The zero-order valence-electron chi connectivity index (χ0n) is 23.2. The van der Waals surface area contributed by atoms with Gasteiger partial charge in [-0.2, -0.15) is 0 Å². The van der Waals surface area contributed by atoms with Crippen molar-refractivity contribution in [3.63, 3.8) is 0 Å². The van der Waals surface area contributed by atoms with Crippen molar-refractivity contribution in [2.24, 2.45) is 0 Å². The Kier molecular flexibility index (Phi) is 10.0. The topological polar surface area (TPSA) is 107 Å². The Morgan fingerprint density at radius 2 is 1.80 bits per heavy atom. The summed E-state index contributed by atoms with van der Waals surface area (Å²) in [5.41, 5.74) is 3.31. The van der Waals surface area contributed by atoms with E-state index in [4.69, 9.17) is 18.9 Å². The fourth-order valence-corrected chi connectivity index (χ4v) is 4.54. The van der Waals surface area contributed by atoms with E-state index in [2.05, 4.69) is 11.9 Å². The molecule has 0 spiro atoms. The number of aliphatic hydroxyl groups excluding tert-OH is 1. The maximum absolute atomic E-state index is 13.9. The summed E-state index contributed by atoms with van der Waals surface area (Å²) in [5.74, 6) is 1.02. The van der Waals surface area contributed by atoms with Gasteiger partial charge in [-0.05, 0) is 41.3 Å². The zero-order chi connectivity index (χ0) is 29.2. The van der Waals surface area contributed by atoms with Crippen molar-refractivity contribution in [1.29, 1.82) is 0 Å². The number of carbonyl (C=O) groups is 2. The predicted octanol–water partition coefficient (Wildman–Crippen LogP) is 5.31. The van der Waals surface area contributed by atoms with E-state index in [1.54, 1.807) is 18.1 Å². The summed E-state index contributed by atoms with van der Waals surface area (Å²) in [6.07, 6.45) is 3.16. The number of nitrogens with one attached hydrogen (secondary N) is 1. The molecule has 3 aromatic rings. The lowest BCUT2D eigenvalue weighted by molar-refractivity contribution is 0.0648. The Labute approximate surface area is 239 Å². The summed E-state index contributed by atoms with van der Waals surface area (Å²) in [7, 11) is 3.09. The number of aliphatic hydroxyl groups is 1. The molecule has 0 unspecified atom stereocenters. The molecule has 1 atom stereocenters. The summed E-state index contributed by atoms with van der Waals surface area (Å²) in [4.78, 5) is 28.0. The molecule has 9 nitrogen and oxygen atoms in total. The minimum atomic E-state index is -0.753. The number of rotatable bonds is 11. The van der Waals surface area contributed by atoms with E-state index in [-0.39, 0.29) is 37.0 Å². The Morgan fingerprint density at radius 3 is 2.46 bits per heavy atom. The first-order chi connectivity index (χ1) is 20.0. The van der Waals surface area contributed by atoms with Crippen LogP contribution in [0.2, 0.25) is 0 Å². The summed E-state index contributed by atoms with van der Waals surface area (Å²) in [5, 5.41) is 12.9. The molecule has 0 bridgehead atoms. The monoisotopic (exact) mass is 558 g/mol. The second-order valence-electron chi connectivity index (χ2n) is 9.25. The van der Waals surface area contributed by atoms with Crippen molar-refractivity contribution in [2.75, 3.05) is 39.3 Å². The summed E-state index contributed by atoms with van der Waals surface area (Å²) in [6, 6.07) is 19.7. The van der Waals surface area contributed by atoms with Crippen LogP contribution in [0.25, 0.3) is 5.57 Å². The molecule has 3 aromatic carbocycles.